The number of carbonyl (C=O) groups is 2. The van der Waals surface area contributed by atoms with E-state index in [1.54, 1.807) is 23.1 Å². The van der Waals surface area contributed by atoms with Crippen LogP contribution in [0.3, 0.4) is 0 Å². The van der Waals surface area contributed by atoms with Gasteiger partial charge in [0, 0.05) is 24.7 Å². The minimum atomic E-state index is -0.265. The first-order valence-corrected chi connectivity index (χ1v) is 10.7. The number of nitrogens with zero attached hydrogens (tertiary/aromatic N) is 2. The lowest BCUT2D eigenvalue weighted by atomic mass is 10.1. The summed E-state index contributed by atoms with van der Waals surface area (Å²) in [5, 5.41) is 6.74. The molecule has 0 bridgehead atoms. The molecule has 1 aromatic heterocycles. The Balaban J connectivity index is 1.79. The standard InChI is InChI=1S/C23H31N3O6/c1-14(2)12-26(13-17-10-18(25-32-17)22(27)24-11-15-6-7-15)23(28)16-8-19(29-3)21(31-5)20(9-16)30-4/h8-10,14-15H,6-7,11-13H2,1-5H3,(H,24,27). The van der Waals surface area contributed by atoms with E-state index in [1.807, 2.05) is 13.8 Å². The van der Waals surface area contributed by atoms with E-state index in [9.17, 15) is 9.59 Å². The SMILES string of the molecule is COc1cc(C(=O)N(Cc2cc(C(=O)NCC3CC3)no2)CC(C)C)cc(OC)c1OC. The largest absolute Gasteiger partial charge is 0.493 e. The van der Waals surface area contributed by atoms with Crippen LogP contribution in [0.15, 0.2) is 22.7 Å². The summed E-state index contributed by atoms with van der Waals surface area (Å²) >= 11 is 0. The van der Waals surface area contributed by atoms with Gasteiger partial charge in [0.25, 0.3) is 11.8 Å². The van der Waals surface area contributed by atoms with E-state index in [-0.39, 0.29) is 30.0 Å². The van der Waals surface area contributed by atoms with Crippen molar-refractivity contribution in [3.63, 3.8) is 0 Å². The molecule has 0 aliphatic heterocycles. The first-order chi connectivity index (χ1) is 15.4. The van der Waals surface area contributed by atoms with Gasteiger partial charge in [0.1, 0.15) is 0 Å². The molecular weight excluding hydrogens is 414 g/mol. The molecule has 0 spiro atoms. The van der Waals surface area contributed by atoms with Gasteiger partial charge < -0.3 is 29.0 Å². The highest BCUT2D eigenvalue weighted by atomic mass is 16.5. The summed E-state index contributed by atoms with van der Waals surface area (Å²) in [6.45, 7) is 5.36. The third-order valence-electron chi connectivity index (χ3n) is 5.17. The maximum absolute atomic E-state index is 13.4. The molecule has 1 heterocycles. The summed E-state index contributed by atoms with van der Waals surface area (Å²) in [4.78, 5) is 27.3. The Morgan fingerprint density at radius 2 is 1.78 bits per heavy atom. The summed E-state index contributed by atoms with van der Waals surface area (Å²) in [6.07, 6.45) is 2.30. The van der Waals surface area contributed by atoms with Crippen LogP contribution in [-0.4, -0.2) is 56.3 Å². The van der Waals surface area contributed by atoms with Crippen LogP contribution in [-0.2, 0) is 6.54 Å². The van der Waals surface area contributed by atoms with Crippen molar-refractivity contribution in [1.82, 2.24) is 15.4 Å². The van der Waals surface area contributed by atoms with E-state index in [0.717, 1.165) is 12.8 Å². The first-order valence-electron chi connectivity index (χ1n) is 10.7. The van der Waals surface area contributed by atoms with Crippen molar-refractivity contribution in [1.29, 1.82) is 0 Å². The van der Waals surface area contributed by atoms with Crippen LogP contribution in [0.2, 0.25) is 0 Å². The predicted octanol–water partition coefficient (Wildman–Crippen LogP) is 3.14. The monoisotopic (exact) mass is 445 g/mol. The molecule has 0 atom stereocenters. The number of hydrogen-bond donors (Lipinski definition) is 1. The number of aromatic nitrogens is 1. The molecule has 0 radical (unpaired) electrons. The van der Waals surface area contributed by atoms with Crippen LogP contribution in [0.5, 0.6) is 17.2 Å². The quantitative estimate of drug-likeness (QED) is 0.567. The van der Waals surface area contributed by atoms with E-state index < -0.39 is 0 Å². The van der Waals surface area contributed by atoms with Gasteiger partial charge in [0.05, 0.1) is 27.9 Å². The summed E-state index contributed by atoms with van der Waals surface area (Å²) < 4.78 is 21.4. The normalized spacial score (nSPS) is 13.1. The molecule has 0 unspecified atom stereocenters. The lowest BCUT2D eigenvalue weighted by Gasteiger charge is -2.24. The topological polar surface area (TPSA) is 103 Å². The first kappa shape index (κ1) is 23.4. The van der Waals surface area contributed by atoms with Gasteiger partial charge in [-0.2, -0.15) is 0 Å². The number of amides is 2. The molecule has 0 saturated heterocycles. The molecule has 3 rings (SSSR count). The number of methoxy groups -OCH3 is 3. The zero-order valence-corrected chi connectivity index (χ0v) is 19.3. The predicted molar refractivity (Wildman–Crippen MR) is 117 cm³/mol. The fourth-order valence-corrected chi connectivity index (χ4v) is 3.38. The molecule has 2 amide bonds. The lowest BCUT2D eigenvalue weighted by Crippen LogP contribution is -2.33. The minimum Gasteiger partial charge on any atom is -0.493 e. The van der Waals surface area contributed by atoms with Crippen molar-refractivity contribution in [3.8, 4) is 17.2 Å². The molecule has 9 heteroatoms. The molecule has 1 fully saturated rings. The van der Waals surface area contributed by atoms with Gasteiger partial charge in [-0.3, -0.25) is 9.59 Å². The molecule has 2 aromatic rings. The van der Waals surface area contributed by atoms with Crippen molar-refractivity contribution in [2.45, 2.75) is 33.2 Å². The van der Waals surface area contributed by atoms with Crippen LogP contribution >= 0.6 is 0 Å². The molecule has 1 saturated carbocycles. The second-order valence-electron chi connectivity index (χ2n) is 8.33. The number of carbonyl (C=O) groups excluding carboxylic acids is 2. The van der Waals surface area contributed by atoms with Crippen molar-refractivity contribution < 1.29 is 28.3 Å². The highest BCUT2D eigenvalue weighted by Gasteiger charge is 2.25. The van der Waals surface area contributed by atoms with Gasteiger partial charge in [0.2, 0.25) is 5.75 Å². The van der Waals surface area contributed by atoms with E-state index in [2.05, 4.69) is 10.5 Å². The zero-order valence-electron chi connectivity index (χ0n) is 19.3. The third-order valence-corrected chi connectivity index (χ3v) is 5.17. The molecule has 1 aromatic carbocycles. The Morgan fingerprint density at radius 3 is 2.31 bits per heavy atom. The molecule has 1 aliphatic rings. The summed E-state index contributed by atoms with van der Waals surface area (Å²) in [5.74, 6) is 1.94. The summed E-state index contributed by atoms with van der Waals surface area (Å²) in [5.41, 5.74) is 0.604. The van der Waals surface area contributed by atoms with Crippen LogP contribution in [0.1, 0.15) is 53.3 Å². The highest BCUT2D eigenvalue weighted by Crippen LogP contribution is 2.38. The Kier molecular flexibility index (Phi) is 7.61. The molecule has 32 heavy (non-hydrogen) atoms. The Morgan fingerprint density at radius 1 is 1.12 bits per heavy atom. The van der Waals surface area contributed by atoms with Crippen molar-refractivity contribution in [3.05, 3.63) is 35.2 Å². The summed E-state index contributed by atoms with van der Waals surface area (Å²) in [6, 6.07) is 4.82. The third kappa shape index (κ3) is 5.72. The van der Waals surface area contributed by atoms with E-state index in [1.165, 1.54) is 21.3 Å². The fraction of sp³-hybridized carbons (Fsp3) is 0.522. The molecule has 1 aliphatic carbocycles. The van der Waals surface area contributed by atoms with Crippen molar-refractivity contribution >= 4 is 11.8 Å². The van der Waals surface area contributed by atoms with Gasteiger partial charge in [0.15, 0.2) is 23.0 Å². The number of ether oxygens (including phenoxy) is 3. The lowest BCUT2D eigenvalue weighted by molar-refractivity contribution is 0.0704. The highest BCUT2D eigenvalue weighted by molar-refractivity contribution is 5.96. The van der Waals surface area contributed by atoms with E-state index in [0.29, 0.717) is 47.6 Å². The maximum atomic E-state index is 13.4. The van der Waals surface area contributed by atoms with E-state index in [4.69, 9.17) is 18.7 Å². The van der Waals surface area contributed by atoms with Crippen LogP contribution < -0.4 is 19.5 Å². The minimum absolute atomic E-state index is 0.177. The zero-order chi connectivity index (χ0) is 23.3. The number of benzene rings is 1. The maximum Gasteiger partial charge on any atom is 0.273 e. The van der Waals surface area contributed by atoms with Gasteiger partial charge in [-0.15, -0.1) is 0 Å². The Bertz CT molecular complexity index is 926. The van der Waals surface area contributed by atoms with Crippen molar-refractivity contribution in [2.75, 3.05) is 34.4 Å². The van der Waals surface area contributed by atoms with Gasteiger partial charge in [-0.1, -0.05) is 19.0 Å². The average Bonchev–Trinajstić information content (AvgIpc) is 3.50. The van der Waals surface area contributed by atoms with Crippen LogP contribution in [0.4, 0.5) is 0 Å². The number of rotatable bonds is 11. The van der Waals surface area contributed by atoms with Crippen LogP contribution in [0, 0.1) is 11.8 Å². The molecule has 9 nitrogen and oxygen atoms in total. The fourth-order valence-electron chi connectivity index (χ4n) is 3.38. The summed E-state index contributed by atoms with van der Waals surface area (Å²) in [7, 11) is 4.51. The van der Waals surface area contributed by atoms with E-state index >= 15 is 0 Å². The van der Waals surface area contributed by atoms with Gasteiger partial charge in [-0.05, 0) is 36.8 Å². The Labute approximate surface area is 188 Å². The Hall–Kier alpha value is -3.23. The van der Waals surface area contributed by atoms with Crippen LogP contribution in [0.25, 0.3) is 0 Å². The number of hydrogen-bond acceptors (Lipinski definition) is 7. The smallest absolute Gasteiger partial charge is 0.273 e. The second kappa shape index (κ2) is 10.4. The average molecular weight is 446 g/mol. The number of nitrogens with one attached hydrogen (secondary N) is 1. The van der Waals surface area contributed by atoms with Gasteiger partial charge in [-0.25, -0.2) is 0 Å². The second-order valence-corrected chi connectivity index (χ2v) is 8.33. The molecule has 1 N–H and O–H groups in total. The molecule has 174 valence electrons. The molecular formula is C23H31N3O6. The van der Waals surface area contributed by atoms with Gasteiger partial charge >= 0.3 is 0 Å². The van der Waals surface area contributed by atoms with Crippen molar-refractivity contribution in [2.24, 2.45) is 11.8 Å².